The quantitative estimate of drug-likeness (QED) is 0.632. The first-order chi connectivity index (χ1) is 5.65. The second-order valence-electron chi connectivity index (χ2n) is 4.05. The van der Waals surface area contributed by atoms with Crippen molar-refractivity contribution in [3.05, 3.63) is 0 Å². The van der Waals surface area contributed by atoms with Crippen molar-refractivity contribution in [1.82, 2.24) is 4.90 Å². The van der Waals surface area contributed by atoms with E-state index in [0.29, 0.717) is 17.7 Å². The average Bonchev–Trinajstić information content (AvgIpc) is 2.34. The molecule has 1 saturated heterocycles. The highest BCUT2D eigenvalue weighted by molar-refractivity contribution is 5.78. The van der Waals surface area contributed by atoms with Gasteiger partial charge in [0.25, 0.3) is 0 Å². The molecule has 1 atom stereocenters. The summed E-state index contributed by atoms with van der Waals surface area (Å²) in [6.45, 7) is 8.46. The van der Waals surface area contributed by atoms with Crippen LogP contribution in [0.3, 0.4) is 0 Å². The second-order valence-corrected chi connectivity index (χ2v) is 4.05. The van der Waals surface area contributed by atoms with Crippen LogP contribution in [-0.4, -0.2) is 23.9 Å². The lowest BCUT2D eigenvalue weighted by atomic mass is 9.95. The van der Waals surface area contributed by atoms with E-state index < -0.39 is 0 Å². The van der Waals surface area contributed by atoms with Gasteiger partial charge in [-0.25, -0.2) is 0 Å². The molecule has 0 N–H and O–H groups in total. The molecule has 0 aliphatic carbocycles. The van der Waals surface area contributed by atoms with Gasteiger partial charge in [-0.1, -0.05) is 20.8 Å². The molecule has 0 saturated carbocycles. The summed E-state index contributed by atoms with van der Waals surface area (Å²) in [6, 6.07) is 0. The van der Waals surface area contributed by atoms with Crippen molar-refractivity contribution in [2.24, 2.45) is 11.8 Å². The molecule has 1 aliphatic rings. The molecular weight excluding hydrogens is 150 g/mol. The Morgan fingerprint density at radius 1 is 1.58 bits per heavy atom. The van der Waals surface area contributed by atoms with Gasteiger partial charge in [-0.05, 0) is 18.3 Å². The van der Waals surface area contributed by atoms with Gasteiger partial charge in [0, 0.05) is 19.5 Å². The lowest BCUT2D eigenvalue weighted by Crippen LogP contribution is -2.26. The van der Waals surface area contributed by atoms with Crippen LogP contribution < -0.4 is 0 Å². The Bertz CT molecular complexity index is 165. The normalized spacial score (nSPS) is 24.2. The van der Waals surface area contributed by atoms with Gasteiger partial charge in [0.2, 0.25) is 5.91 Å². The summed E-state index contributed by atoms with van der Waals surface area (Å²) in [4.78, 5) is 13.4. The molecule has 12 heavy (non-hydrogen) atoms. The van der Waals surface area contributed by atoms with Crippen LogP contribution in [0.15, 0.2) is 0 Å². The van der Waals surface area contributed by atoms with Crippen LogP contribution in [0.2, 0.25) is 0 Å². The minimum atomic E-state index is 0.357. The fourth-order valence-electron chi connectivity index (χ4n) is 1.74. The SMILES string of the molecule is CCCN1CC(C(C)C)CC1=O. The van der Waals surface area contributed by atoms with Gasteiger partial charge in [0.1, 0.15) is 0 Å². The molecule has 2 nitrogen and oxygen atoms in total. The third-order valence-corrected chi connectivity index (χ3v) is 2.68. The summed E-state index contributed by atoms with van der Waals surface area (Å²) in [7, 11) is 0. The second kappa shape index (κ2) is 3.92. The predicted molar refractivity (Wildman–Crippen MR) is 49.8 cm³/mol. The van der Waals surface area contributed by atoms with Gasteiger partial charge in [0.05, 0.1) is 0 Å². The molecular formula is C10H19NO. The first kappa shape index (κ1) is 9.56. The Hall–Kier alpha value is -0.530. The van der Waals surface area contributed by atoms with Crippen LogP contribution >= 0.6 is 0 Å². The smallest absolute Gasteiger partial charge is 0.222 e. The predicted octanol–water partition coefficient (Wildman–Crippen LogP) is 1.90. The van der Waals surface area contributed by atoms with Crippen molar-refractivity contribution in [2.75, 3.05) is 13.1 Å². The largest absolute Gasteiger partial charge is 0.342 e. The number of hydrogen-bond acceptors (Lipinski definition) is 1. The van der Waals surface area contributed by atoms with Crippen LogP contribution in [0.25, 0.3) is 0 Å². The van der Waals surface area contributed by atoms with Crippen LogP contribution in [-0.2, 0) is 4.79 Å². The molecule has 0 spiro atoms. The van der Waals surface area contributed by atoms with Gasteiger partial charge in [0.15, 0.2) is 0 Å². The molecule has 1 fully saturated rings. The Kier molecular flexibility index (Phi) is 3.12. The van der Waals surface area contributed by atoms with E-state index in [-0.39, 0.29) is 0 Å². The van der Waals surface area contributed by atoms with Crippen molar-refractivity contribution >= 4 is 5.91 Å². The Balaban J connectivity index is 2.44. The number of amides is 1. The maximum absolute atomic E-state index is 11.4. The Morgan fingerprint density at radius 2 is 2.25 bits per heavy atom. The number of likely N-dealkylation sites (tertiary alicyclic amines) is 1. The molecule has 0 aromatic rings. The standard InChI is InChI=1S/C10H19NO/c1-4-5-11-7-9(8(2)3)6-10(11)12/h8-9H,4-7H2,1-3H3. The van der Waals surface area contributed by atoms with Crippen molar-refractivity contribution < 1.29 is 4.79 Å². The highest BCUT2D eigenvalue weighted by Gasteiger charge is 2.30. The third-order valence-electron chi connectivity index (χ3n) is 2.68. The number of carbonyl (C=O) groups excluding carboxylic acids is 1. The van der Waals surface area contributed by atoms with E-state index in [2.05, 4.69) is 20.8 Å². The zero-order valence-electron chi connectivity index (χ0n) is 8.34. The van der Waals surface area contributed by atoms with E-state index in [0.717, 1.165) is 25.9 Å². The van der Waals surface area contributed by atoms with Gasteiger partial charge in [-0.15, -0.1) is 0 Å². The van der Waals surface area contributed by atoms with Crippen LogP contribution in [0, 0.1) is 11.8 Å². The molecule has 1 amide bonds. The maximum atomic E-state index is 11.4. The molecule has 70 valence electrons. The highest BCUT2D eigenvalue weighted by atomic mass is 16.2. The average molecular weight is 169 g/mol. The summed E-state index contributed by atoms with van der Waals surface area (Å²) in [5, 5.41) is 0. The van der Waals surface area contributed by atoms with Gasteiger partial charge >= 0.3 is 0 Å². The summed E-state index contributed by atoms with van der Waals surface area (Å²) >= 11 is 0. The van der Waals surface area contributed by atoms with E-state index >= 15 is 0 Å². The molecule has 1 rings (SSSR count). The topological polar surface area (TPSA) is 20.3 Å². The first-order valence-corrected chi connectivity index (χ1v) is 4.93. The van der Waals surface area contributed by atoms with Crippen molar-refractivity contribution in [3.8, 4) is 0 Å². The molecule has 0 aromatic carbocycles. The molecule has 2 heteroatoms. The van der Waals surface area contributed by atoms with E-state index in [9.17, 15) is 4.79 Å². The third kappa shape index (κ3) is 1.99. The first-order valence-electron chi connectivity index (χ1n) is 4.93. The molecule has 1 heterocycles. The summed E-state index contributed by atoms with van der Waals surface area (Å²) in [5.41, 5.74) is 0. The maximum Gasteiger partial charge on any atom is 0.222 e. The molecule has 0 bridgehead atoms. The minimum Gasteiger partial charge on any atom is -0.342 e. The lowest BCUT2D eigenvalue weighted by Gasteiger charge is -2.16. The zero-order valence-corrected chi connectivity index (χ0v) is 8.34. The Labute approximate surface area is 74.9 Å². The molecule has 1 unspecified atom stereocenters. The van der Waals surface area contributed by atoms with E-state index in [1.54, 1.807) is 0 Å². The molecule has 1 aliphatic heterocycles. The van der Waals surface area contributed by atoms with E-state index in [1.807, 2.05) is 4.90 Å². The summed E-state index contributed by atoms with van der Waals surface area (Å²) in [6.07, 6.45) is 1.86. The van der Waals surface area contributed by atoms with Gasteiger partial charge in [-0.3, -0.25) is 4.79 Å². The van der Waals surface area contributed by atoms with Crippen LogP contribution in [0.5, 0.6) is 0 Å². The van der Waals surface area contributed by atoms with E-state index in [4.69, 9.17) is 0 Å². The fourth-order valence-corrected chi connectivity index (χ4v) is 1.74. The van der Waals surface area contributed by atoms with Crippen molar-refractivity contribution in [2.45, 2.75) is 33.6 Å². The number of nitrogens with zero attached hydrogens (tertiary/aromatic N) is 1. The monoisotopic (exact) mass is 169 g/mol. The number of rotatable bonds is 3. The van der Waals surface area contributed by atoms with Crippen molar-refractivity contribution in [3.63, 3.8) is 0 Å². The van der Waals surface area contributed by atoms with Gasteiger partial charge < -0.3 is 4.90 Å². The number of carbonyl (C=O) groups is 1. The minimum absolute atomic E-state index is 0.357. The summed E-state index contributed by atoms with van der Waals surface area (Å²) < 4.78 is 0. The van der Waals surface area contributed by atoms with Crippen molar-refractivity contribution in [1.29, 1.82) is 0 Å². The van der Waals surface area contributed by atoms with Crippen LogP contribution in [0.1, 0.15) is 33.6 Å². The zero-order chi connectivity index (χ0) is 9.14. The fraction of sp³-hybridized carbons (Fsp3) is 0.900. The number of hydrogen-bond donors (Lipinski definition) is 0. The summed E-state index contributed by atoms with van der Waals surface area (Å²) in [5.74, 6) is 1.61. The lowest BCUT2D eigenvalue weighted by molar-refractivity contribution is -0.127. The highest BCUT2D eigenvalue weighted by Crippen LogP contribution is 2.24. The molecule has 0 radical (unpaired) electrons. The van der Waals surface area contributed by atoms with Gasteiger partial charge in [-0.2, -0.15) is 0 Å². The van der Waals surface area contributed by atoms with Crippen LogP contribution in [0.4, 0.5) is 0 Å². The molecule has 0 aromatic heterocycles. The van der Waals surface area contributed by atoms with E-state index in [1.165, 1.54) is 0 Å². The Morgan fingerprint density at radius 3 is 2.67 bits per heavy atom.